The molecular formula is C9H7Cl5. The standard InChI is InChI=1S/C9H7Cl5/c1-3(2)4-5(10)7(12)9(14)8(13)6(4)11/h3H,1-2H3. The van der Waals surface area contributed by atoms with E-state index < -0.39 is 0 Å². The summed E-state index contributed by atoms with van der Waals surface area (Å²) in [7, 11) is 0. The summed E-state index contributed by atoms with van der Waals surface area (Å²) >= 11 is 29.6. The Kier molecular flexibility index (Phi) is 4.25. The summed E-state index contributed by atoms with van der Waals surface area (Å²) in [5.41, 5.74) is 0.729. The van der Waals surface area contributed by atoms with E-state index in [2.05, 4.69) is 0 Å². The first kappa shape index (κ1) is 12.7. The Labute approximate surface area is 108 Å². The van der Waals surface area contributed by atoms with Crippen LogP contribution in [-0.2, 0) is 0 Å². The molecule has 5 heteroatoms. The molecule has 78 valence electrons. The lowest BCUT2D eigenvalue weighted by molar-refractivity contribution is 0.867. The van der Waals surface area contributed by atoms with E-state index in [0.717, 1.165) is 5.56 Å². The van der Waals surface area contributed by atoms with Crippen LogP contribution in [0.5, 0.6) is 0 Å². The summed E-state index contributed by atoms with van der Waals surface area (Å²) in [6.45, 7) is 3.90. The van der Waals surface area contributed by atoms with Gasteiger partial charge in [-0.2, -0.15) is 0 Å². The molecule has 14 heavy (non-hydrogen) atoms. The Morgan fingerprint density at radius 3 is 1.21 bits per heavy atom. The molecule has 0 aliphatic rings. The van der Waals surface area contributed by atoms with E-state index in [9.17, 15) is 0 Å². The molecule has 0 aliphatic carbocycles. The van der Waals surface area contributed by atoms with Crippen molar-refractivity contribution in [3.63, 3.8) is 0 Å². The van der Waals surface area contributed by atoms with Gasteiger partial charge >= 0.3 is 0 Å². The van der Waals surface area contributed by atoms with Crippen molar-refractivity contribution in [3.05, 3.63) is 30.7 Å². The predicted molar refractivity (Wildman–Crippen MR) is 65.6 cm³/mol. The molecule has 1 rings (SSSR count). The predicted octanol–water partition coefficient (Wildman–Crippen LogP) is 6.08. The summed E-state index contributed by atoms with van der Waals surface area (Å²) in [5, 5.41) is 1.47. The number of hydrogen-bond donors (Lipinski definition) is 0. The van der Waals surface area contributed by atoms with Gasteiger partial charge < -0.3 is 0 Å². The van der Waals surface area contributed by atoms with Crippen molar-refractivity contribution in [1.29, 1.82) is 0 Å². The van der Waals surface area contributed by atoms with E-state index >= 15 is 0 Å². The Bertz CT molecular complexity index is 341. The lowest BCUT2D eigenvalue weighted by atomic mass is 10.0. The van der Waals surface area contributed by atoms with E-state index in [1.54, 1.807) is 0 Å². The topological polar surface area (TPSA) is 0 Å². The first-order chi connectivity index (χ1) is 6.37. The highest BCUT2D eigenvalue weighted by Gasteiger charge is 2.20. The zero-order chi connectivity index (χ0) is 11.0. The third kappa shape index (κ3) is 2.10. The average molecular weight is 292 g/mol. The molecule has 0 radical (unpaired) electrons. The zero-order valence-electron chi connectivity index (χ0n) is 7.47. The maximum atomic E-state index is 6.01. The Morgan fingerprint density at radius 1 is 0.643 bits per heavy atom. The van der Waals surface area contributed by atoms with Crippen LogP contribution in [0.15, 0.2) is 0 Å². The highest BCUT2D eigenvalue weighted by atomic mass is 35.5. The van der Waals surface area contributed by atoms with E-state index in [0.29, 0.717) is 10.0 Å². The second kappa shape index (κ2) is 4.67. The number of halogens is 5. The molecule has 0 amide bonds. The highest BCUT2D eigenvalue weighted by molar-refractivity contribution is 6.55. The summed E-state index contributed by atoms with van der Waals surface area (Å²) < 4.78 is 0. The van der Waals surface area contributed by atoms with Crippen LogP contribution >= 0.6 is 58.0 Å². The van der Waals surface area contributed by atoms with Crippen LogP contribution in [0.2, 0.25) is 25.1 Å². The molecule has 0 aliphatic heterocycles. The van der Waals surface area contributed by atoms with Gasteiger partial charge in [0.25, 0.3) is 0 Å². The van der Waals surface area contributed by atoms with Crippen LogP contribution in [0, 0.1) is 0 Å². The molecule has 0 heterocycles. The third-order valence-corrected chi connectivity index (χ3v) is 4.13. The number of hydrogen-bond acceptors (Lipinski definition) is 0. The van der Waals surface area contributed by atoms with E-state index in [1.807, 2.05) is 13.8 Å². The monoisotopic (exact) mass is 290 g/mol. The van der Waals surface area contributed by atoms with Gasteiger partial charge in [0.05, 0.1) is 25.1 Å². The smallest absolute Gasteiger partial charge is 0.0809 e. The molecule has 0 aromatic heterocycles. The van der Waals surface area contributed by atoms with E-state index in [-0.39, 0.29) is 21.0 Å². The largest absolute Gasteiger partial charge is 0.0823 e. The maximum absolute atomic E-state index is 6.01. The van der Waals surface area contributed by atoms with E-state index in [1.165, 1.54) is 0 Å². The van der Waals surface area contributed by atoms with Crippen molar-refractivity contribution in [1.82, 2.24) is 0 Å². The third-order valence-electron chi connectivity index (χ3n) is 1.82. The first-order valence-electron chi connectivity index (χ1n) is 3.89. The van der Waals surface area contributed by atoms with Crippen LogP contribution in [0.25, 0.3) is 0 Å². The van der Waals surface area contributed by atoms with Crippen molar-refractivity contribution in [2.75, 3.05) is 0 Å². The van der Waals surface area contributed by atoms with Crippen LogP contribution < -0.4 is 0 Å². The van der Waals surface area contributed by atoms with Gasteiger partial charge in [-0.1, -0.05) is 71.9 Å². The second-order valence-corrected chi connectivity index (χ2v) is 5.03. The summed E-state index contributed by atoms with van der Waals surface area (Å²) in [6, 6.07) is 0. The van der Waals surface area contributed by atoms with Crippen molar-refractivity contribution >= 4 is 58.0 Å². The van der Waals surface area contributed by atoms with Gasteiger partial charge in [-0.15, -0.1) is 0 Å². The minimum absolute atomic E-state index is 0.141. The zero-order valence-corrected chi connectivity index (χ0v) is 11.2. The van der Waals surface area contributed by atoms with Crippen LogP contribution in [0.3, 0.4) is 0 Å². The fourth-order valence-corrected chi connectivity index (χ4v) is 2.72. The van der Waals surface area contributed by atoms with Gasteiger partial charge in [0.2, 0.25) is 0 Å². The second-order valence-electron chi connectivity index (χ2n) is 3.14. The van der Waals surface area contributed by atoms with Gasteiger partial charge in [-0.05, 0) is 11.5 Å². The normalized spacial score (nSPS) is 11.1. The minimum atomic E-state index is 0.141. The molecule has 0 fully saturated rings. The fraction of sp³-hybridized carbons (Fsp3) is 0.333. The molecule has 0 N–H and O–H groups in total. The van der Waals surface area contributed by atoms with Gasteiger partial charge in [0.1, 0.15) is 0 Å². The van der Waals surface area contributed by atoms with E-state index in [4.69, 9.17) is 58.0 Å². The Morgan fingerprint density at radius 2 is 0.929 bits per heavy atom. The summed E-state index contributed by atoms with van der Waals surface area (Å²) in [4.78, 5) is 0. The van der Waals surface area contributed by atoms with Crippen molar-refractivity contribution in [2.24, 2.45) is 0 Å². The van der Waals surface area contributed by atoms with Gasteiger partial charge in [-0.25, -0.2) is 0 Å². The van der Waals surface area contributed by atoms with Crippen molar-refractivity contribution < 1.29 is 0 Å². The first-order valence-corrected chi connectivity index (χ1v) is 5.78. The Balaban J connectivity index is 3.60. The molecular weight excluding hydrogens is 285 g/mol. The molecule has 0 saturated heterocycles. The molecule has 0 unspecified atom stereocenters. The molecule has 0 nitrogen and oxygen atoms in total. The molecule has 0 atom stereocenters. The lowest BCUT2D eigenvalue weighted by Crippen LogP contribution is -1.93. The molecule has 0 saturated carbocycles. The van der Waals surface area contributed by atoms with Crippen molar-refractivity contribution in [2.45, 2.75) is 19.8 Å². The highest BCUT2D eigenvalue weighted by Crippen LogP contribution is 2.46. The molecule has 0 spiro atoms. The lowest BCUT2D eigenvalue weighted by Gasteiger charge is -2.14. The number of rotatable bonds is 1. The molecule has 0 bridgehead atoms. The van der Waals surface area contributed by atoms with Gasteiger partial charge in [0.15, 0.2) is 0 Å². The summed E-state index contributed by atoms with van der Waals surface area (Å²) in [6.07, 6.45) is 0. The quantitative estimate of drug-likeness (QED) is 0.435. The maximum Gasteiger partial charge on any atom is 0.0809 e. The minimum Gasteiger partial charge on any atom is -0.0823 e. The molecule has 1 aromatic rings. The van der Waals surface area contributed by atoms with Crippen molar-refractivity contribution in [3.8, 4) is 0 Å². The van der Waals surface area contributed by atoms with Gasteiger partial charge in [-0.3, -0.25) is 0 Å². The fourth-order valence-electron chi connectivity index (χ4n) is 1.13. The SMILES string of the molecule is CC(C)c1c(Cl)c(Cl)c(Cl)c(Cl)c1Cl. The molecule has 1 aromatic carbocycles. The van der Waals surface area contributed by atoms with Crippen LogP contribution in [-0.4, -0.2) is 0 Å². The Hall–Kier alpha value is 0.670. The van der Waals surface area contributed by atoms with Crippen LogP contribution in [0.1, 0.15) is 25.3 Å². The van der Waals surface area contributed by atoms with Gasteiger partial charge in [0, 0.05) is 0 Å². The number of benzene rings is 1. The van der Waals surface area contributed by atoms with Crippen LogP contribution in [0.4, 0.5) is 0 Å². The average Bonchev–Trinajstić information content (AvgIpc) is 2.11. The summed E-state index contributed by atoms with van der Waals surface area (Å²) in [5.74, 6) is 0.141.